The van der Waals surface area contributed by atoms with Gasteiger partial charge in [-0.15, -0.1) is 0 Å². The Hall–Kier alpha value is -1.61. The standard InChI is InChI=1S/C15H20N2O/c1-3-15(18,4-2)12-17-14(10-11-16-17)13-8-6-5-7-9-13/h5-11,18H,3-4,12H2,1-2H3. The lowest BCUT2D eigenvalue weighted by Gasteiger charge is -2.26. The average molecular weight is 244 g/mol. The van der Waals surface area contributed by atoms with E-state index in [1.54, 1.807) is 6.20 Å². The molecule has 0 radical (unpaired) electrons. The van der Waals surface area contributed by atoms with Crippen LogP contribution in [0.25, 0.3) is 11.3 Å². The summed E-state index contributed by atoms with van der Waals surface area (Å²) in [5.74, 6) is 0. The van der Waals surface area contributed by atoms with Crippen molar-refractivity contribution in [3.05, 3.63) is 42.6 Å². The van der Waals surface area contributed by atoms with Gasteiger partial charge in [0.25, 0.3) is 0 Å². The summed E-state index contributed by atoms with van der Waals surface area (Å²) in [4.78, 5) is 0. The minimum atomic E-state index is -0.671. The maximum atomic E-state index is 10.4. The van der Waals surface area contributed by atoms with Crippen LogP contribution in [0.4, 0.5) is 0 Å². The van der Waals surface area contributed by atoms with Gasteiger partial charge in [0.05, 0.1) is 17.8 Å². The highest BCUT2D eigenvalue weighted by molar-refractivity contribution is 5.58. The van der Waals surface area contributed by atoms with E-state index in [2.05, 4.69) is 17.2 Å². The van der Waals surface area contributed by atoms with E-state index in [0.29, 0.717) is 6.54 Å². The van der Waals surface area contributed by atoms with E-state index in [0.717, 1.165) is 24.1 Å². The molecule has 0 bridgehead atoms. The van der Waals surface area contributed by atoms with E-state index in [1.807, 2.05) is 42.8 Å². The first-order valence-electron chi connectivity index (χ1n) is 6.48. The molecule has 0 atom stereocenters. The first-order valence-corrected chi connectivity index (χ1v) is 6.48. The number of aliphatic hydroxyl groups is 1. The van der Waals surface area contributed by atoms with Gasteiger partial charge in [-0.05, 0) is 24.5 Å². The van der Waals surface area contributed by atoms with Gasteiger partial charge in [0.2, 0.25) is 0 Å². The predicted octanol–water partition coefficient (Wildman–Crippen LogP) is 3.10. The van der Waals surface area contributed by atoms with Gasteiger partial charge in [-0.1, -0.05) is 44.2 Å². The topological polar surface area (TPSA) is 38.0 Å². The molecule has 0 spiro atoms. The molecule has 18 heavy (non-hydrogen) atoms. The molecule has 1 aromatic carbocycles. The maximum absolute atomic E-state index is 10.4. The second-order valence-electron chi connectivity index (χ2n) is 4.67. The van der Waals surface area contributed by atoms with Crippen LogP contribution in [0.5, 0.6) is 0 Å². The van der Waals surface area contributed by atoms with E-state index in [9.17, 15) is 5.11 Å². The zero-order valence-corrected chi connectivity index (χ0v) is 11.0. The molecule has 1 N–H and O–H groups in total. The van der Waals surface area contributed by atoms with E-state index in [-0.39, 0.29) is 0 Å². The summed E-state index contributed by atoms with van der Waals surface area (Å²) in [6.07, 6.45) is 3.25. The van der Waals surface area contributed by atoms with Gasteiger partial charge in [0.1, 0.15) is 0 Å². The Labute approximate surface area is 108 Å². The zero-order chi connectivity index (χ0) is 13.0. The van der Waals surface area contributed by atoms with Crippen molar-refractivity contribution in [1.82, 2.24) is 9.78 Å². The SMILES string of the molecule is CCC(O)(CC)Cn1nccc1-c1ccccc1. The van der Waals surface area contributed by atoms with Gasteiger partial charge in [-0.25, -0.2) is 0 Å². The van der Waals surface area contributed by atoms with E-state index in [4.69, 9.17) is 0 Å². The molecule has 3 nitrogen and oxygen atoms in total. The maximum Gasteiger partial charge on any atom is 0.0837 e. The monoisotopic (exact) mass is 244 g/mol. The number of nitrogens with zero attached hydrogens (tertiary/aromatic N) is 2. The first kappa shape index (κ1) is 12.8. The van der Waals surface area contributed by atoms with Crippen molar-refractivity contribution in [2.75, 3.05) is 0 Å². The minimum absolute atomic E-state index is 0.539. The minimum Gasteiger partial charge on any atom is -0.388 e. The van der Waals surface area contributed by atoms with Crippen LogP contribution in [-0.4, -0.2) is 20.5 Å². The lowest BCUT2D eigenvalue weighted by atomic mass is 9.97. The van der Waals surface area contributed by atoms with Crippen molar-refractivity contribution in [2.45, 2.75) is 38.8 Å². The number of rotatable bonds is 5. The van der Waals surface area contributed by atoms with Crippen molar-refractivity contribution < 1.29 is 5.11 Å². The zero-order valence-electron chi connectivity index (χ0n) is 11.0. The van der Waals surface area contributed by atoms with Crippen LogP contribution < -0.4 is 0 Å². The van der Waals surface area contributed by atoms with E-state index in [1.165, 1.54) is 0 Å². The normalized spacial score (nSPS) is 11.7. The van der Waals surface area contributed by atoms with Crippen molar-refractivity contribution >= 4 is 0 Å². The Balaban J connectivity index is 2.29. The molecule has 1 heterocycles. The Morgan fingerprint density at radius 1 is 1.11 bits per heavy atom. The predicted molar refractivity (Wildman–Crippen MR) is 73.2 cm³/mol. The summed E-state index contributed by atoms with van der Waals surface area (Å²) in [5.41, 5.74) is 1.51. The Kier molecular flexibility index (Phi) is 3.82. The Bertz CT molecular complexity index is 486. The highest BCUT2D eigenvalue weighted by Crippen LogP contribution is 2.23. The molecule has 3 heteroatoms. The molecule has 0 fully saturated rings. The second-order valence-corrected chi connectivity index (χ2v) is 4.67. The molecule has 0 saturated carbocycles. The second kappa shape index (κ2) is 5.36. The summed E-state index contributed by atoms with van der Waals surface area (Å²) in [5, 5.41) is 14.7. The van der Waals surface area contributed by atoms with Gasteiger partial charge in [0.15, 0.2) is 0 Å². The third-order valence-corrected chi connectivity index (χ3v) is 3.55. The largest absolute Gasteiger partial charge is 0.388 e. The van der Waals surface area contributed by atoms with Crippen LogP contribution in [0, 0.1) is 0 Å². The number of aromatic nitrogens is 2. The van der Waals surface area contributed by atoms with Crippen LogP contribution in [0.1, 0.15) is 26.7 Å². The first-order chi connectivity index (χ1) is 8.68. The molecule has 96 valence electrons. The highest BCUT2D eigenvalue weighted by Gasteiger charge is 2.24. The molecule has 0 amide bonds. The summed E-state index contributed by atoms with van der Waals surface area (Å²) < 4.78 is 1.89. The van der Waals surface area contributed by atoms with Crippen molar-refractivity contribution in [1.29, 1.82) is 0 Å². The van der Waals surface area contributed by atoms with Crippen LogP contribution >= 0.6 is 0 Å². The van der Waals surface area contributed by atoms with Gasteiger partial charge in [0, 0.05) is 6.20 Å². The smallest absolute Gasteiger partial charge is 0.0837 e. The lowest BCUT2D eigenvalue weighted by Crippen LogP contribution is -2.33. The van der Waals surface area contributed by atoms with Gasteiger partial charge >= 0.3 is 0 Å². The fourth-order valence-corrected chi connectivity index (χ4v) is 2.07. The van der Waals surface area contributed by atoms with Crippen LogP contribution in [0.3, 0.4) is 0 Å². The van der Waals surface area contributed by atoms with Crippen molar-refractivity contribution in [2.24, 2.45) is 0 Å². The molecule has 0 aliphatic carbocycles. The van der Waals surface area contributed by atoms with Gasteiger partial charge < -0.3 is 5.11 Å². The molecule has 0 saturated heterocycles. The fourth-order valence-electron chi connectivity index (χ4n) is 2.07. The van der Waals surface area contributed by atoms with E-state index >= 15 is 0 Å². The molecular weight excluding hydrogens is 224 g/mol. The highest BCUT2D eigenvalue weighted by atomic mass is 16.3. The Morgan fingerprint density at radius 2 is 1.78 bits per heavy atom. The summed E-state index contributed by atoms with van der Waals surface area (Å²) in [6, 6.07) is 12.1. The lowest BCUT2D eigenvalue weighted by molar-refractivity contribution is 0.0123. The molecule has 1 aromatic heterocycles. The molecule has 0 aliphatic heterocycles. The van der Waals surface area contributed by atoms with Crippen molar-refractivity contribution in [3.63, 3.8) is 0 Å². The van der Waals surface area contributed by atoms with Crippen molar-refractivity contribution in [3.8, 4) is 11.3 Å². The number of hydrogen-bond donors (Lipinski definition) is 1. The number of hydrogen-bond acceptors (Lipinski definition) is 2. The number of benzene rings is 1. The molecule has 2 aromatic rings. The van der Waals surface area contributed by atoms with Gasteiger partial charge in [-0.2, -0.15) is 5.10 Å². The quantitative estimate of drug-likeness (QED) is 0.877. The molecular formula is C15H20N2O. The summed E-state index contributed by atoms with van der Waals surface area (Å²) in [7, 11) is 0. The summed E-state index contributed by atoms with van der Waals surface area (Å²) in [6.45, 7) is 4.56. The molecule has 2 rings (SSSR count). The third kappa shape index (κ3) is 2.62. The summed E-state index contributed by atoms with van der Waals surface area (Å²) >= 11 is 0. The molecule has 0 aliphatic rings. The van der Waals surface area contributed by atoms with Crippen LogP contribution in [-0.2, 0) is 6.54 Å². The van der Waals surface area contributed by atoms with Crippen LogP contribution in [0.15, 0.2) is 42.6 Å². The van der Waals surface area contributed by atoms with E-state index < -0.39 is 5.60 Å². The fraction of sp³-hybridized carbons (Fsp3) is 0.400. The van der Waals surface area contributed by atoms with Crippen LogP contribution in [0.2, 0.25) is 0 Å². The molecule has 0 unspecified atom stereocenters. The Morgan fingerprint density at radius 3 is 2.39 bits per heavy atom. The average Bonchev–Trinajstić information content (AvgIpc) is 2.87. The van der Waals surface area contributed by atoms with Gasteiger partial charge in [-0.3, -0.25) is 4.68 Å². The third-order valence-electron chi connectivity index (χ3n) is 3.55.